The smallest absolute Gasteiger partial charge is 0.205 e. The van der Waals surface area contributed by atoms with E-state index in [2.05, 4.69) is 98.1 Å². The summed E-state index contributed by atoms with van der Waals surface area (Å²) in [4.78, 5) is 2.33. The molecule has 2 heterocycles. The van der Waals surface area contributed by atoms with E-state index >= 15 is 0 Å². The summed E-state index contributed by atoms with van der Waals surface area (Å²) in [6.07, 6.45) is 5.67. The lowest BCUT2D eigenvalue weighted by molar-refractivity contribution is -0.477. The highest BCUT2D eigenvalue weighted by molar-refractivity contribution is 5.77. The van der Waals surface area contributed by atoms with Crippen LogP contribution in [0.15, 0.2) is 60.3 Å². The number of hydrogen-bond donors (Lipinski definition) is 0. The van der Waals surface area contributed by atoms with Gasteiger partial charge < -0.3 is 4.90 Å². The molecular formula is C22H25N2+. The van der Waals surface area contributed by atoms with Crippen molar-refractivity contribution in [3.63, 3.8) is 0 Å². The van der Waals surface area contributed by atoms with Crippen molar-refractivity contribution >= 4 is 17.6 Å². The second-order valence-corrected chi connectivity index (χ2v) is 7.53. The highest BCUT2D eigenvalue weighted by atomic mass is 15.2. The van der Waals surface area contributed by atoms with E-state index in [0.717, 1.165) is 6.42 Å². The van der Waals surface area contributed by atoms with Crippen molar-refractivity contribution < 1.29 is 4.58 Å². The first-order valence-electron chi connectivity index (χ1n) is 8.74. The third kappa shape index (κ3) is 2.21. The van der Waals surface area contributed by atoms with Crippen LogP contribution in [0.5, 0.6) is 0 Å². The summed E-state index contributed by atoms with van der Waals surface area (Å²) in [6, 6.07) is 18.1. The van der Waals surface area contributed by atoms with Gasteiger partial charge in [-0.2, -0.15) is 4.58 Å². The largest absolute Gasteiger partial charge is 0.347 e. The second-order valence-electron chi connectivity index (χ2n) is 7.53. The normalized spacial score (nSPS) is 24.5. The van der Waals surface area contributed by atoms with Crippen LogP contribution in [0.4, 0.5) is 11.4 Å². The van der Waals surface area contributed by atoms with Crippen LogP contribution in [-0.2, 0) is 11.8 Å². The molecule has 4 rings (SSSR count). The molecule has 2 nitrogen and oxygen atoms in total. The number of benzene rings is 2. The predicted molar refractivity (Wildman–Crippen MR) is 102 cm³/mol. The second kappa shape index (κ2) is 5.34. The Bertz CT molecular complexity index is 858. The fourth-order valence-electron chi connectivity index (χ4n) is 4.22. The molecule has 0 saturated carbocycles. The highest BCUT2D eigenvalue weighted by Gasteiger charge is 2.38. The molecule has 2 aromatic carbocycles. The summed E-state index contributed by atoms with van der Waals surface area (Å²) >= 11 is 0. The standard InChI is InChI=1S/C22H25N2/c1-16-14-17-8-7-9-18(15-17)24(16)13-12-21-22(2,3)19-10-5-6-11-20(19)23(21)4/h5-13,15-16H,14H2,1-4H3/q+1. The van der Waals surface area contributed by atoms with Gasteiger partial charge in [-0.25, -0.2) is 0 Å². The average Bonchev–Trinajstić information content (AvgIpc) is 2.75. The Morgan fingerprint density at radius 1 is 1.12 bits per heavy atom. The first kappa shape index (κ1) is 15.2. The van der Waals surface area contributed by atoms with E-state index in [1.165, 1.54) is 28.2 Å². The maximum Gasteiger partial charge on any atom is 0.205 e. The third-order valence-electron chi connectivity index (χ3n) is 5.55. The van der Waals surface area contributed by atoms with Gasteiger partial charge in [0.15, 0.2) is 12.3 Å². The molecule has 0 aliphatic carbocycles. The number of fused-ring (bicyclic) bond motifs is 3. The molecule has 122 valence electrons. The summed E-state index contributed by atoms with van der Waals surface area (Å²) in [5.41, 5.74) is 6.82. The molecule has 2 aliphatic heterocycles. The zero-order chi connectivity index (χ0) is 16.9. The van der Waals surface area contributed by atoms with Gasteiger partial charge in [-0.05, 0) is 24.1 Å². The molecule has 1 unspecified atom stereocenters. The molecule has 0 amide bonds. The zero-order valence-electron chi connectivity index (χ0n) is 15.0. The van der Waals surface area contributed by atoms with Crippen LogP contribution in [0.1, 0.15) is 31.9 Å². The number of rotatable bonds is 1. The Morgan fingerprint density at radius 3 is 2.71 bits per heavy atom. The van der Waals surface area contributed by atoms with Crippen molar-refractivity contribution in [3.8, 4) is 0 Å². The molecule has 0 N–H and O–H groups in total. The van der Waals surface area contributed by atoms with Crippen molar-refractivity contribution in [1.29, 1.82) is 0 Å². The van der Waals surface area contributed by atoms with Crippen LogP contribution in [0.25, 0.3) is 0 Å². The van der Waals surface area contributed by atoms with Crippen molar-refractivity contribution in [2.24, 2.45) is 0 Å². The Kier molecular flexibility index (Phi) is 3.38. The Balaban J connectivity index is 1.78. The minimum atomic E-state index is 0.0305. The monoisotopic (exact) mass is 317 g/mol. The first-order valence-corrected chi connectivity index (χ1v) is 8.74. The van der Waals surface area contributed by atoms with Gasteiger partial charge in [-0.1, -0.05) is 44.2 Å². The van der Waals surface area contributed by atoms with Gasteiger partial charge in [-0.3, -0.25) is 0 Å². The molecule has 2 aliphatic rings. The quantitative estimate of drug-likeness (QED) is 0.694. The number of nitrogens with zero attached hydrogens (tertiary/aromatic N) is 2. The van der Waals surface area contributed by atoms with E-state index in [9.17, 15) is 0 Å². The highest BCUT2D eigenvalue weighted by Crippen LogP contribution is 2.46. The first-order chi connectivity index (χ1) is 11.5. The van der Waals surface area contributed by atoms with Crippen LogP contribution in [0, 0.1) is 0 Å². The third-order valence-corrected chi connectivity index (χ3v) is 5.55. The van der Waals surface area contributed by atoms with Crippen LogP contribution in [0.2, 0.25) is 0 Å². The van der Waals surface area contributed by atoms with E-state index in [4.69, 9.17) is 0 Å². The van der Waals surface area contributed by atoms with Gasteiger partial charge in [0, 0.05) is 48.5 Å². The lowest BCUT2D eigenvalue weighted by Gasteiger charge is -2.23. The van der Waals surface area contributed by atoms with Gasteiger partial charge in [-0.15, -0.1) is 0 Å². The molecule has 0 spiro atoms. The molecule has 2 aromatic rings. The lowest BCUT2D eigenvalue weighted by Crippen LogP contribution is -2.27. The summed E-state index contributed by atoms with van der Waals surface area (Å²) in [5.74, 6) is 0. The van der Waals surface area contributed by atoms with E-state index < -0.39 is 0 Å². The molecule has 2 bridgehead atoms. The predicted octanol–water partition coefficient (Wildman–Crippen LogP) is 4.66. The van der Waals surface area contributed by atoms with Crippen LogP contribution < -0.4 is 4.90 Å². The number of para-hydroxylation sites is 1. The van der Waals surface area contributed by atoms with Gasteiger partial charge >= 0.3 is 0 Å². The van der Waals surface area contributed by atoms with E-state index in [1.54, 1.807) is 0 Å². The Hall–Kier alpha value is -2.35. The summed E-state index contributed by atoms with van der Waals surface area (Å²) in [7, 11) is 2.17. The van der Waals surface area contributed by atoms with Gasteiger partial charge in [0.05, 0.1) is 0 Å². The number of allylic oxidation sites excluding steroid dienone is 2. The van der Waals surface area contributed by atoms with Crippen molar-refractivity contribution in [3.05, 3.63) is 71.4 Å². The van der Waals surface area contributed by atoms with Crippen LogP contribution >= 0.6 is 0 Å². The lowest BCUT2D eigenvalue weighted by atomic mass is 9.84. The summed E-state index contributed by atoms with van der Waals surface area (Å²) in [5, 5.41) is 0. The number of hydrogen-bond acceptors (Lipinski definition) is 1. The van der Waals surface area contributed by atoms with Gasteiger partial charge in [0.1, 0.15) is 0 Å². The Morgan fingerprint density at radius 2 is 1.92 bits per heavy atom. The summed E-state index contributed by atoms with van der Waals surface area (Å²) in [6.45, 7) is 6.93. The van der Waals surface area contributed by atoms with Crippen LogP contribution in [-0.4, -0.2) is 23.9 Å². The molecule has 1 atom stereocenters. The summed E-state index contributed by atoms with van der Waals surface area (Å²) < 4.78 is 2.40. The van der Waals surface area contributed by atoms with E-state index in [-0.39, 0.29) is 5.41 Å². The fraction of sp³-hybridized carbons (Fsp3) is 0.318. The molecule has 0 radical (unpaired) electrons. The molecule has 2 heteroatoms. The minimum Gasteiger partial charge on any atom is -0.347 e. The van der Waals surface area contributed by atoms with Gasteiger partial charge in [0.2, 0.25) is 5.69 Å². The Labute approximate surface area is 144 Å². The van der Waals surface area contributed by atoms with Crippen molar-refractivity contribution in [1.82, 2.24) is 0 Å². The van der Waals surface area contributed by atoms with E-state index in [1.807, 2.05) is 0 Å². The molecule has 0 saturated heterocycles. The number of anilines is 1. The zero-order valence-corrected chi connectivity index (χ0v) is 15.0. The molecule has 0 aromatic heterocycles. The minimum absolute atomic E-state index is 0.0305. The topological polar surface area (TPSA) is 6.25 Å². The van der Waals surface area contributed by atoms with Crippen LogP contribution in [0.3, 0.4) is 0 Å². The van der Waals surface area contributed by atoms with Crippen molar-refractivity contribution in [2.75, 3.05) is 11.9 Å². The molecule has 0 fully saturated rings. The van der Waals surface area contributed by atoms with E-state index in [0.29, 0.717) is 6.04 Å². The SMILES string of the molecule is CC1Cc2cccc(c2)[N+]1=C/C=C1/N(C)c2ccccc2C1(C)C. The average molecular weight is 317 g/mol. The molecule has 24 heavy (non-hydrogen) atoms. The fourth-order valence-corrected chi connectivity index (χ4v) is 4.22. The maximum atomic E-state index is 2.40. The van der Waals surface area contributed by atoms with Crippen molar-refractivity contribution in [2.45, 2.75) is 38.6 Å². The van der Waals surface area contributed by atoms with Gasteiger partial charge in [0.25, 0.3) is 0 Å². The maximum absolute atomic E-state index is 2.40. The number of likely N-dealkylation sites (N-methyl/N-ethyl adjacent to an activating group) is 1. The molecular weight excluding hydrogens is 292 g/mol.